The van der Waals surface area contributed by atoms with Crippen molar-refractivity contribution < 1.29 is 9.90 Å². The smallest absolute Gasteiger partial charge is 0.323 e. The zero-order valence-electron chi connectivity index (χ0n) is 13.5. The molecule has 1 atom stereocenters. The molecule has 118 valence electrons. The molecule has 1 aliphatic heterocycles. The predicted octanol–water partition coefficient (Wildman–Crippen LogP) is 1.37. The van der Waals surface area contributed by atoms with Crippen LogP contribution in [0.3, 0.4) is 0 Å². The first kappa shape index (κ1) is 17.4. The molecule has 0 aromatic heterocycles. The summed E-state index contributed by atoms with van der Waals surface area (Å²) in [4.78, 5) is 15.9. The van der Waals surface area contributed by atoms with Gasteiger partial charge in [0.15, 0.2) is 0 Å². The lowest BCUT2D eigenvalue weighted by Crippen LogP contribution is -2.53. The number of piperazine rings is 1. The molecule has 0 amide bonds. The number of aliphatic carboxylic acids is 1. The van der Waals surface area contributed by atoms with E-state index in [9.17, 15) is 4.79 Å². The molecule has 3 N–H and O–H groups in total. The van der Waals surface area contributed by atoms with E-state index in [1.807, 2.05) is 0 Å². The number of carbonyl (C=O) groups is 1. The third-order valence-electron chi connectivity index (χ3n) is 4.23. The molecule has 0 radical (unpaired) electrons. The highest BCUT2D eigenvalue weighted by atomic mass is 16.4. The van der Waals surface area contributed by atoms with Gasteiger partial charge in [-0.15, -0.1) is 0 Å². The molecule has 0 aromatic rings. The van der Waals surface area contributed by atoms with Crippen LogP contribution in [0.15, 0.2) is 0 Å². The summed E-state index contributed by atoms with van der Waals surface area (Å²) in [6, 6.07) is 0. The van der Waals surface area contributed by atoms with Crippen molar-refractivity contribution in [3.8, 4) is 0 Å². The van der Waals surface area contributed by atoms with Gasteiger partial charge >= 0.3 is 5.97 Å². The summed E-state index contributed by atoms with van der Waals surface area (Å²) in [6.07, 6.45) is 2.44. The molecule has 1 unspecified atom stereocenters. The summed E-state index contributed by atoms with van der Waals surface area (Å²) >= 11 is 0. The van der Waals surface area contributed by atoms with Crippen LogP contribution in [-0.4, -0.2) is 64.7 Å². The van der Waals surface area contributed by atoms with Gasteiger partial charge in [-0.3, -0.25) is 9.69 Å². The van der Waals surface area contributed by atoms with Crippen LogP contribution in [0.2, 0.25) is 0 Å². The molecule has 1 saturated heterocycles. The Hall–Kier alpha value is -0.650. The SMILES string of the molecule is CC(N)(CCCCN1CCN(C(C)(C)C)CC1)C(=O)O. The lowest BCUT2D eigenvalue weighted by Gasteiger charge is -2.42. The van der Waals surface area contributed by atoms with Gasteiger partial charge in [-0.25, -0.2) is 0 Å². The largest absolute Gasteiger partial charge is 0.480 e. The van der Waals surface area contributed by atoms with Gasteiger partial charge in [0.1, 0.15) is 5.54 Å². The fourth-order valence-electron chi connectivity index (χ4n) is 2.58. The second-order valence-corrected chi connectivity index (χ2v) is 7.18. The summed E-state index contributed by atoms with van der Waals surface area (Å²) in [5.41, 5.74) is 4.91. The standard InChI is InChI=1S/C15H31N3O2/c1-14(2,3)18-11-9-17(10-12-18)8-6-5-7-15(4,16)13(19)20/h5-12,16H2,1-4H3,(H,19,20). The van der Waals surface area contributed by atoms with E-state index >= 15 is 0 Å². The highest BCUT2D eigenvalue weighted by Gasteiger charge is 2.28. The molecule has 0 spiro atoms. The van der Waals surface area contributed by atoms with Crippen molar-refractivity contribution in [1.82, 2.24) is 9.80 Å². The van der Waals surface area contributed by atoms with Crippen LogP contribution >= 0.6 is 0 Å². The quantitative estimate of drug-likeness (QED) is 0.721. The number of hydrogen-bond acceptors (Lipinski definition) is 4. The van der Waals surface area contributed by atoms with E-state index in [0.717, 1.165) is 45.6 Å². The molecule has 20 heavy (non-hydrogen) atoms. The highest BCUT2D eigenvalue weighted by molar-refractivity contribution is 5.77. The first-order chi connectivity index (χ1) is 9.13. The monoisotopic (exact) mass is 285 g/mol. The van der Waals surface area contributed by atoms with E-state index in [-0.39, 0.29) is 5.54 Å². The van der Waals surface area contributed by atoms with Crippen molar-refractivity contribution in [2.45, 2.75) is 58.0 Å². The van der Waals surface area contributed by atoms with E-state index in [4.69, 9.17) is 10.8 Å². The number of rotatable bonds is 6. The van der Waals surface area contributed by atoms with Gasteiger partial charge in [0, 0.05) is 31.7 Å². The third kappa shape index (κ3) is 5.38. The Bertz CT molecular complexity index is 316. The Balaban J connectivity index is 2.18. The van der Waals surface area contributed by atoms with Gasteiger partial charge < -0.3 is 15.7 Å². The van der Waals surface area contributed by atoms with Crippen LogP contribution in [0, 0.1) is 0 Å². The number of carboxylic acid groups (broad SMARTS) is 1. The number of unbranched alkanes of at least 4 members (excludes halogenated alkanes) is 1. The summed E-state index contributed by atoms with van der Waals surface area (Å²) in [6.45, 7) is 13.9. The van der Waals surface area contributed by atoms with Crippen LogP contribution in [0.1, 0.15) is 47.0 Å². The minimum Gasteiger partial charge on any atom is -0.480 e. The maximum Gasteiger partial charge on any atom is 0.323 e. The Kier molecular flexibility index (Phi) is 5.98. The fourth-order valence-corrected chi connectivity index (χ4v) is 2.58. The van der Waals surface area contributed by atoms with Crippen molar-refractivity contribution in [2.24, 2.45) is 5.73 Å². The first-order valence-electron chi connectivity index (χ1n) is 7.62. The summed E-state index contributed by atoms with van der Waals surface area (Å²) in [5.74, 6) is -0.906. The molecular formula is C15H31N3O2. The van der Waals surface area contributed by atoms with E-state index in [0.29, 0.717) is 6.42 Å². The van der Waals surface area contributed by atoms with Crippen molar-refractivity contribution in [2.75, 3.05) is 32.7 Å². The van der Waals surface area contributed by atoms with Crippen LogP contribution in [0.4, 0.5) is 0 Å². The van der Waals surface area contributed by atoms with Gasteiger partial charge in [-0.05, 0) is 53.5 Å². The minimum absolute atomic E-state index is 0.259. The van der Waals surface area contributed by atoms with Crippen LogP contribution in [0.5, 0.6) is 0 Å². The molecule has 0 bridgehead atoms. The minimum atomic E-state index is -1.08. The average Bonchev–Trinajstić information content (AvgIpc) is 2.34. The lowest BCUT2D eigenvalue weighted by molar-refractivity contribution is -0.142. The molecule has 5 heteroatoms. The van der Waals surface area contributed by atoms with Gasteiger partial charge in [0.05, 0.1) is 0 Å². The van der Waals surface area contributed by atoms with E-state index in [1.54, 1.807) is 6.92 Å². The molecular weight excluding hydrogens is 254 g/mol. The predicted molar refractivity (Wildman–Crippen MR) is 81.8 cm³/mol. The maximum absolute atomic E-state index is 10.9. The Morgan fingerprint density at radius 1 is 1.10 bits per heavy atom. The van der Waals surface area contributed by atoms with Gasteiger partial charge in [-0.2, -0.15) is 0 Å². The number of hydrogen-bond donors (Lipinski definition) is 2. The summed E-state index contributed by atoms with van der Waals surface area (Å²) in [7, 11) is 0. The van der Waals surface area contributed by atoms with Crippen LogP contribution in [0.25, 0.3) is 0 Å². The topological polar surface area (TPSA) is 69.8 Å². The average molecular weight is 285 g/mol. The second kappa shape index (κ2) is 6.87. The fraction of sp³-hybridized carbons (Fsp3) is 0.933. The maximum atomic E-state index is 10.9. The number of nitrogens with two attached hydrogens (primary N) is 1. The van der Waals surface area contributed by atoms with Gasteiger partial charge in [-0.1, -0.05) is 0 Å². The van der Waals surface area contributed by atoms with E-state index in [2.05, 4.69) is 30.6 Å². The third-order valence-corrected chi connectivity index (χ3v) is 4.23. The Morgan fingerprint density at radius 3 is 2.10 bits per heavy atom. The lowest BCUT2D eigenvalue weighted by atomic mass is 9.96. The molecule has 1 aliphatic rings. The Labute approximate surface area is 123 Å². The molecule has 1 fully saturated rings. The van der Waals surface area contributed by atoms with E-state index in [1.165, 1.54) is 0 Å². The zero-order chi connectivity index (χ0) is 15.4. The van der Waals surface area contributed by atoms with Gasteiger partial charge in [0.2, 0.25) is 0 Å². The Morgan fingerprint density at radius 2 is 1.65 bits per heavy atom. The van der Waals surface area contributed by atoms with Crippen molar-refractivity contribution in [1.29, 1.82) is 0 Å². The first-order valence-corrected chi connectivity index (χ1v) is 7.62. The summed E-state index contributed by atoms with van der Waals surface area (Å²) < 4.78 is 0. The van der Waals surface area contributed by atoms with E-state index < -0.39 is 11.5 Å². The second-order valence-electron chi connectivity index (χ2n) is 7.18. The molecule has 0 aromatic carbocycles. The highest BCUT2D eigenvalue weighted by Crippen LogP contribution is 2.16. The van der Waals surface area contributed by atoms with Crippen molar-refractivity contribution in [3.63, 3.8) is 0 Å². The van der Waals surface area contributed by atoms with Crippen LogP contribution in [-0.2, 0) is 4.79 Å². The number of nitrogens with zero attached hydrogens (tertiary/aromatic N) is 2. The molecule has 5 nitrogen and oxygen atoms in total. The molecule has 0 saturated carbocycles. The molecule has 0 aliphatic carbocycles. The molecule has 1 heterocycles. The van der Waals surface area contributed by atoms with Crippen LogP contribution < -0.4 is 5.73 Å². The zero-order valence-corrected chi connectivity index (χ0v) is 13.5. The number of carboxylic acids is 1. The van der Waals surface area contributed by atoms with Crippen molar-refractivity contribution >= 4 is 5.97 Å². The van der Waals surface area contributed by atoms with Gasteiger partial charge in [0.25, 0.3) is 0 Å². The van der Waals surface area contributed by atoms with Crippen molar-refractivity contribution in [3.05, 3.63) is 0 Å². The normalized spacial score (nSPS) is 21.6. The molecule has 1 rings (SSSR count). The summed E-state index contributed by atoms with van der Waals surface area (Å²) in [5, 5.41) is 8.95.